The summed E-state index contributed by atoms with van der Waals surface area (Å²) in [5.74, 6) is 1.50. The lowest BCUT2D eigenvalue weighted by atomic mass is 10.1. The lowest BCUT2D eigenvalue weighted by molar-refractivity contribution is 0.625. The predicted octanol–water partition coefficient (Wildman–Crippen LogP) is 3.52. The largest absolute Gasteiger partial charge is 0.373 e. The number of nitrogens with one attached hydrogen (secondary N) is 1. The number of halogens is 1. The van der Waals surface area contributed by atoms with Crippen LogP contribution < -0.4 is 5.32 Å². The molecule has 0 bridgehead atoms. The van der Waals surface area contributed by atoms with Gasteiger partial charge in [0.25, 0.3) is 0 Å². The van der Waals surface area contributed by atoms with Gasteiger partial charge >= 0.3 is 0 Å². The van der Waals surface area contributed by atoms with Crippen LogP contribution >= 0.6 is 0 Å². The van der Waals surface area contributed by atoms with Crippen LogP contribution in [-0.4, -0.2) is 17.0 Å². The van der Waals surface area contributed by atoms with Crippen LogP contribution in [0.5, 0.6) is 0 Å². The minimum absolute atomic E-state index is 0.212. The molecule has 4 heteroatoms. The molecule has 3 rings (SSSR count). The van der Waals surface area contributed by atoms with E-state index in [9.17, 15) is 4.39 Å². The Labute approximate surface area is 124 Å². The highest BCUT2D eigenvalue weighted by Crippen LogP contribution is 2.25. The van der Waals surface area contributed by atoms with Gasteiger partial charge in [0.1, 0.15) is 17.5 Å². The molecule has 2 aromatic rings. The smallest absolute Gasteiger partial charge is 0.135 e. The maximum atomic E-state index is 13.3. The van der Waals surface area contributed by atoms with Crippen molar-refractivity contribution in [3.05, 3.63) is 52.7 Å². The Bertz CT molecular complexity index is 640. The molecule has 0 atom stereocenters. The molecule has 1 heterocycles. The first kappa shape index (κ1) is 14.0. The first-order valence-corrected chi connectivity index (χ1v) is 7.57. The number of aromatic nitrogens is 2. The summed E-state index contributed by atoms with van der Waals surface area (Å²) in [5.41, 5.74) is 3.34. The summed E-state index contributed by atoms with van der Waals surface area (Å²) in [4.78, 5) is 9.36. The van der Waals surface area contributed by atoms with Gasteiger partial charge in [-0.15, -0.1) is 0 Å². The zero-order valence-electron chi connectivity index (χ0n) is 12.3. The maximum Gasteiger partial charge on any atom is 0.135 e. The van der Waals surface area contributed by atoms with E-state index < -0.39 is 0 Å². The van der Waals surface area contributed by atoms with Gasteiger partial charge < -0.3 is 5.32 Å². The van der Waals surface area contributed by atoms with Crippen molar-refractivity contribution in [2.45, 2.75) is 38.5 Å². The SMILES string of the molecule is CNc1nc(Cc2cccc(F)c2)nc2c1CCCCC2. The normalized spacial score (nSPS) is 14.4. The first-order chi connectivity index (χ1) is 10.3. The van der Waals surface area contributed by atoms with E-state index in [1.165, 1.54) is 36.6 Å². The molecule has 0 saturated heterocycles. The van der Waals surface area contributed by atoms with E-state index in [0.29, 0.717) is 6.42 Å². The summed E-state index contributed by atoms with van der Waals surface area (Å²) >= 11 is 0. The minimum atomic E-state index is -0.212. The zero-order valence-corrected chi connectivity index (χ0v) is 12.3. The summed E-state index contributed by atoms with van der Waals surface area (Å²) < 4.78 is 13.3. The van der Waals surface area contributed by atoms with Gasteiger partial charge in [0.05, 0.1) is 0 Å². The topological polar surface area (TPSA) is 37.8 Å². The molecule has 0 saturated carbocycles. The summed E-state index contributed by atoms with van der Waals surface area (Å²) in [7, 11) is 1.90. The van der Waals surface area contributed by atoms with Gasteiger partial charge in [-0.25, -0.2) is 14.4 Å². The molecular weight excluding hydrogens is 265 g/mol. The summed E-state index contributed by atoms with van der Waals surface area (Å²) in [5, 5.41) is 3.20. The molecule has 3 nitrogen and oxygen atoms in total. The Morgan fingerprint density at radius 1 is 1.14 bits per heavy atom. The van der Waals surface area contributed by atoms with Crippen LogP contribution in [0.2, 0.25) is 0 Å². The van der Waals surface area contributed by atoms with Crippen molar-refractivity contribution in [2.75, 3.05) is 12.4 Å². The highest BCUT2D eigenvalue weighted by molar-refractivity contribution is 5.47. The van der Waals surface area contributed by atoms with Crippen molar-refractivity contribution in [1.29, 1.82) is 0 Å². The summed E-state index contributed by atoms with van der Waals surface area (Å²) in [6.07, 6.45) is 6.27. The second-order valence-corrected chi connectivity index (χ2v) is 5.53. The Balaban J connectivity index is 1.94. The van der Waals surface area contributed by atoms with Crippen molar-refractivity contribution in [1.82, 2.24) is 9.97 Å². The van der Waals surface area contributed by atoms with Gasteiger partial charge in [0.15, 0.2) is 0 Å². The fourth-order valence-corrected chi connectivity index (χ4v) is 2.94. The van der Waals surface area contributed by atoms with Gasteiger partial charge in [0.2, 0.25) is 0 Å². The van der Waals surface area contributed by atoms with Crippen LogP contribution in [0, 0.1) is 5.82 Å². The third-order valence-corrected chi connectivity index (χ3v) is 3.97. The molecule has 1 aromatic carbocycles. The number of fused-ring (bicyclic) bond motifs is 1. The van der Waals surface area contributed by atoms with E-state index in [1.54, 1.807) is 12.1 Å². The second-order valence-electron chi connectivity index (χ2n) is 5.53. The predicted molar refractivity (Wildman–Crippen MR) is 82.0 cm³/mol. The number of hydrogen-bond acceptors (Lipinski definition) is 3. The lowest BCUT2D eigenvalue weighted by Crippen LogP contribution is -2.09. The standard InChI is InChI=1S/C17H20FN3/c1-19-17-14-8-3-2-4-9-15(14)20-16(21-17)11-12-6-5-7-13(18)10-12/h5-7,10H,2-4,8-9,11H2,1H3,(H,19,20,21). The minimum Gasteiger partial charge on any atom is -0.373 e. The molecule has 0 unspecified atom stereocenters. The molecular formula is C17H20FN3. The van der Waals surface area contributed by atoms with E-state index in [4.69, 9.17) is 4.98 Å². The molecule has 0 fully saturated rings. The number of anilines is 1. The van der Waals surface area contributed by atoms with Crippen molar-refractivity contribution in [2.24, 2.45) is 0 Å². The fourth-order valence-electron chi connectivity index (χ4n) is 2.94. The van der Waals surface area contributed by atoms with Crippen LogP contribution in [0.4, 0.5) is 10.2 Å². The molecule has 0 spiro atoms. The first-order valence-electron chi connectivity index (χ1n) is 7.57. The molecule has 1 aliphatic rings. The van der Waals surface area contributed by atoms with Crippen molar-refractivity contribution < 1.29 is 4.39 Å². The number of rotatable bonds is 3. The highest BCUT2D eigenvalue weighted by Gasteiger charge is 2.16. The van der Waals surface area contributed by atoms with Crippen molar-refractivity contribution >= 4 is 5.82 Å². The third-order valence-electron chi connectivity index (χ3n) is 3.97. The number of benzene rings is 1. The van der Waals surface area contributed by atoms with Crippen LogP contribution in [0.15, 0.2) is 24.3 Å². The van der Waals surface area contributed by atoms with Gasteiger partial charge in [-0.05, 0) is 43.4 Å². The van der Waals surface area contributed by atoms with Crippen LogP contribution in [0.25, 0.3) is 0 Å². The number of aryl methyl sites for hydroxylation is 1. The number of nitrogens with zero attached hydrogens (tertiary/aromatic N) is 2. The molecule has 0 amide bonds. The van der Waals surface area contributed by atoms with E-state index >= 15 is 0 Å². The van der Waals surface area contributed by atoms with Crippen LogP contribution in [0.3, 0.4) is 0 Å². The van der Waals surface area contributed by atoms with Crippen molar-refractivity contribution in [3.63, 3.8) is 0 Å². The quantitative estimate of drug-likeness (QED) is 0.877. The summed E-state index contributed by atoms with van der Waals surface area (Å²) in [6, 6.07) is 6.65. The molecule has 1 aliphatic carbocycles. The molecule has 0 radical (unpaired) electrons. The van der Waals surface area contributed by atoms with Gasteiger partial charge in [0, 0.05) is 24.7 Å². The lowest BCUT2D eigenvalue weighted by Gasteiger charge is -2.13. The average molecular weight is 285 g/mol. The van der Waals surface area contributed by atoms with E-state index in [2.05, 4.69) is 10.3 Å². The maximum absolute atomic E-state index is 13.3. The second kappa shape index (κ2) is 6.20. The van der Waals surface area contributed by atoms with Gasteiger partial charge in [-0.2, -0.15) is 0 Å². The van der Waals surface area contributed by atoms with Gasteiger partial charge in [-0.1, -0.05) is 18.6 Å². The number of hydrogen-bond donors (Lipinski definition) is 1. The van der Waals surface area contributed by atoms with Gasteiger partial charge in [-0.3, -0.25) is 0 Å². The van der Waals surface area contributed by atoms with Crippen LogP contribution in [0.1, 0.15) is 41.9 Å². The fraction of sp³-hybridized carbons (Fsp3) is 0.412. The Hall–Kier alpha value is -1.97. The molecule has 1 aromatic heterocycles. The van der Waals surface area contributed by atoms with E-state index in [1.807, 2.05) is 13.1 Å². The third kappa shape index (κ3) is 3.20. The Morgan fingerprint density at radius 3 is 2.81 bits per heavy atom. The van der Waals surface area contributed by atoms with E-state index in [0.717, 1.165) is 30.0 Å². The molecule has 1 N–H and O–H groups in total. The van der Waals surface area contributed by atoms with Crippen LogP contribution in [-0.2, 0) is 19.3 Å². The average Bonchev–Trinajstić information content (AvgIpc) is 2.71. The Morgan fingerprint density at radius 2 is 2.00 bits per heavy atom. The monoisotopic (exact) mass is 285 g/mol. The molecule has 21 heavy (non-hydrogen) atoms. The van der Waals surface area contributed by atoms with Crippen molar-refractivity contribution in [3.8, 4) is 0 Å². The van der Waals surface area contributed by atoms with E-state index in [-0.39, 0.29) is 5.82 Å². The highest BCUT2D eigenvalue weighted by atomic mass is 19.1. The molecule has 110 valence electrons. The summed E-state index contributed by atoms with van der Waals surface area (Å²) in [6.45, 7) is 0. The zero-order chi connectivity index (χ0) is 14.7. The molecule has 0 aliphatic heterocycles. The Kier molecular flexibility index (Phi) is 4.13.